The van der Waals surface area contributed by atoms with Crippen LogP contribution in [0.4, 0.5) is 0 Å². The number of benzene rings is 8. The first-order valence-electron chi connectivity index (χ1n) is 21.4. The fourth-order valence-corrected chi connectivity index (χ4v) is 11.4. The number of rotatable bonds is 3. The molecular formula is C57H48N2. The van der Waals surface area contributed by atoms with Crippen molar-refractivity contribution >= 4 is 54.4 Å². The molecule has 0 unspecified atom stereocenters. The molecule has 59 heavy (non-hydrogen) atoms. The summed E-state index contributed by atoms with van der Waals surface area (Å²) >= 11 is 0. The second-order valence-corrected chi connectivity index (χ2v) is 19.1. The van der Waals surface area contributed by atoms with Crippen LogP contribution in [-0.4, -0.2) is 9.13 Å². The lowest BCUT2D eigenvalue weighted by Gasteiger charge is -2.42. The van der Waals surface area contributed by atoms with E-state index in [1.54, 1.807) is 0 Å². The minimum Gasteiger partial charge on any atom is -0.307 e. The van der Waals surface area contributed by atoms with Gasteiger partial charge in [0.25, 0.3) is 0 Å². The van der Waals surface area contributed by atoms with Crippen molar-refractivity contribution in [2.75, 3.05) is 0 Å². The molecule has 2 heterocycles. The van der Waals surface area contributed by atoms with Crippen LogP contribution in [0.1, 0.15) is 76.6 Å². The van der Waals surface area contributed by atoms with Gasteiger partial charge in [0.05, 0.1) is 22.1 Å². The van der Waals surface area contributed by atoms with E-state index in [2.05, 4.69) is 208 Å². The minimum atomic E-state index is -0.0440. The van der Waals surface area contributed by atoms with E-state index in [1.807, 2.05) is 0 Å². The second-order valence-electron chi connectivity index (χ2n) is 19.1. The summed E-state index contributed by atoms with van der Waals surface area (Å²) in [6.45, 7) is 14.5. The number of fused-ring (bicyclic) bond motifs is 14. The summed E-state index contributed by atoms with van der Waals surface area (Å²) in [5, 5.41) is 7.85. The van der Waals surface area contributed by atoms with E-state index in [-0.39, 0.29) is 16.2 Å². The van der Waals surface area contributed by atoms with E-state index in [0.29, 0.717) is 0 Å². The molecule has 0 spiro atoms. The molecule has 0 atom stereocenters. The van der Waals surface area contributed by atoms with E-state index >= 15 is 0 Å². The van der Waals surface area contributed by atoms with Crippen LogP contribution in [-0.2, 0) is 16.2 Å². The molecule has 2 heteroatoms. The van der Waals surface area contributed by atoms with Crippen molar-refractivity contribution in [1.82, 2.24) is 9.13 Å². The van der Waals surface area contributed by atoms with Gasteiger partial charge in [-0.1, -0.05) is 157 Å². The van der Waals surface area contributed by atoms with Crippen LogP contribution >= 0.6 is 0 Å². The first-order valence-corrected chi connectivity index (χ1v) is 21.4. The van der Waals surface area contributed by atoms with Crippen molar-refractivity contribution in [2.45, 2.75) is 70.6 Å². The zero-order valence-corrected chi connectivity index (χ0v) is 34.8. The molecule has 0 N–H and O–H groups in total. The van der Waals surface area contributed by atoms with E-state index < -0.39 is 0 Å². The molecule has 8 aromatic carbocycles. The fraction of sp³-hybridized carbons (Fsp3) is 0.193. The van der Waals surface area contributed by atoms with E-state index in [1.165, 1.54) is 123 Å². The number of para-hydroxylation sites is 2. The van der Waals surface area contributed by atoms with Crippen LogP contribution in [0, 0.1) is 0 Å². The molecule has 0 fully saturated rings. The molecule has 2 aliphatic rings. The predicted octanol–water partition coefficient (Wildman–Crippen LogP) is 15.4. The third kappa shape index (κ3) is 4.63. The highest BCUT2D eigenvalue weighted by Gasteiger charge is 2.39. The Hall–Kier alpha value is -6.38. The lowest BCUT2D eigenvalue weighted by Crippen LogP contribution is -2.33. The summed E-state index contributed by atoms with van der Waals surface area (Å²) in [7, 11) is 0. The summed E-state index contributed by atoms with van der Waals surface area (Å²) in [5.74, 6) is 0. The zero-order valence-electron chi connectivity index (χ0n) is 34.8. The highest BCUT2D eigenvalue weighted by molar-refractivity contribution is 6.36. The number of nitrogens with zero attached hydrogens (tertiary/aromatic N) is 2. The van der Waals surface area contributed by atoms with Crippen molar-refractivity contribution in [3.8, 4) is 33.6 Å². The van der Waals surface area contributed by atoms with Gasteiger partial charge >= 0.3 is 0 Å². The highest BCUT2D eigenvalue weighted by atomic mass is 15.0. The molecule has 286 valence electrons. The summed E-state index contributed by atoms with van der Waals surface area (Å²) < 4.78 is 5.15. The molecule has 12 rings (SSSR count). The van der Waals surface area contributed by atoms with Gasteiger partial charge in [-0.3, -0.25) is 0 Å². The SMILES string of the molecule is CC1(C)CCC(C)(C)c2cc3c(cc21)c1c2ccccc2c2c4ccccc4n(-c4ccccc4)c2c1n3-c1ccc(-c2cccc3c2-c2ccccc2C3(C)C)cc1. The van der Waals surface area contributed by atoms with Gasteiger partial charge in [0.2, 0.25) is 0 Å². The van der Waals surface area contributed by atoms with Crippen LogP contribution < -0.4 is 0 Å². The Labute approximate surface area is 346 Å². The van der Waals surface area contributed by atoms with Gasteiger partial charge < -0.3 is 9.13 Å². The summed E-state index contributed by atoms with van der Waals surface area (Å²) in [6, 6.07) is 59.7. The topological polar surface area (TPSA) is 9.86 Å². The predicted molar refractivity (Wildman–Crippen MR) is 251 cm³/mol. The molecule has 0 saturated heterocycles. The number of hydrogen-bond acceptors (Lipinski definition) is 0. The van der Waals surface area contributed by atoms with Crippen molar-refractivity contribution in [3.05, 3.63) is 180 Å². The normalized spacial score (nSPS) is 16.2. The third-order valence-electron chi connectivity index (χ3n) is 14.6. The van der Waals surface area contributed by atoms with Crippen molar-refractivity contribution < 1.29 is 0 Å². The Morgan fingerprint density at radius 2 is 0.915 bits per heavy atom. The second kappa shape index (κ2) is 11.9. The maximum absolute atomic E-state index is 2.62. The smallest absolute Gasteiger partial charge is 0.0795 e. The van der Waals surface area contributed by atoms with E-state index in [4.69, 9.17) is 0 Å². The van der Waals surface area contributed by atoms with Gasteiger partial charge in [-0.15, -0.1) is 0 Å². The quantitative estimate of drug-likeness (QED) is 0.170. The molecule has 2 nitrogen and oxygen atoms in total. The largest absolute Gasteiger partial charge is 0.307 e. The summed E-state index contributed by atoms with van der Waals surface area (Å²) in [5.41, 5.74) is 18.5. The molecule has 0 amide bonds. The lowest BCUT2D eigenvalue weighted by atomic mass is 9.63. The van der Waals surface area contributed by atoms with Gasteiger partial charge in [0, 0.05) is 38.3 Å². The molecular weight excluding hydrogens is 713 g/mol. The van der Waals surface area contributed by atoms with Crippen molar-refractivity contribution in [2.24, 2.45) is 0 Å². The molecule has 0 saturated carbocycles. The third-order valence-corrected chi connectivity index (χ3v) is 14.6. The van der Waals surface area contributed by atoms with E-state index in [0.717, 1.165) is 0 Å². The van der Waals surface area contributed by atoms with Crippen molar-refractivity contribution in [3.63, 3.8) is 0 Å². The Morgan fingerprint density at radius 3 is 1.63 bits per heavy atom. The average Bonchev–Trinajstić information content (AvgIpc) is 3.86. The monoisotopic (exact) mass is 760 g/mol. The molecule has 0 bridgehead atoms. The van der Waals surface area contributed by atoms with Crippen LogP contribution in [0.25, 0.3) is 88.0 Å². The molecule has 0 aliphatic heterocycles. The summed E-state index contributed by atoms with van der Waals surface area (Å²) in [6.07, 6.45) is 2.35. The Bertz CT molecular complexity index is 3390. The first-order chi connectivity index (χ1) is 28.5. The van der Waals surface area contributed by atoms with Gasteiger partial charge in [0.1, 0.15) is 0 Å². The number of hydrogen-bond donors (Lipinski definition) is 0. The van der Waals surface area contributed by atoms with Crippen LogP contribution in [0.15, 0.2) is 158 Å². The molecule has 2 aromatic heterocycles. The van der Waals surface area contributed by atoms with Crippen LogP contribution in [0.5, 0.6) is 0 Å². The lowest BCUT2D eigenvalue weighted by molar-refractivity contribution is 0.332. The average molecular weight is 761 g/mol. The highest BCUT2D eigenvalue weighted by Crippen LogP contribution is 2.54. The molecule has 0 radical (unpaired) electrons. The fourth-order valence-electron chi connectivity index (χ4n) is 11.4. The maximum atomic E-state index is 2.62. The van der Waals surface area contributed by atoms with Crippen LogP contribution in [0.2, 0.25) is 0 Å². The zero-order chi connectivity index (χ0) is 40.0. The van der Waals surface area contributed by atoms with Gasteiger partial charge in [-0.25, -0.2) is 0 Å². The van der Waals surface area contributed by atoms with Crippen molar-refractivity contribution in [1.29, 1.82) is 0 Å². The first kappa shape index (κ1) is 34.6. The Morgan fingerprint density at radius 1 is 0.390 bits per heavy atom. The van der Waals surface area contributed by atoms with Gasteiger partial charge in [-0.05, 0) is 121 Å². The standard InChI is InChI=1S/C57H48N2/c1-55(2)31-32-56(3,4)47-34-49-43(33-46(47)55)52-40-20-11-10-19-39(40)51-42-22-13-15-26-48(42)58(36-17-8-7-9-18-36)53(51)54(52)59(49)37-29-27-35(28-30-37)38-23-16-25-45-50(38)41-21-12-14-24-44(41)57(45,5)6/h7-30,33-34H,31-32H2,1-6H3. The number of aromatic nitrogens is 2. The van der Waals surface area contributed by atoms with Gasteiger partial charge in [0.15, 0.2) is 0 Å². The van der Waals surface area contributed by atoms with Gasteiger partial charge in [-0.2, -0.15) is 0 Å². The minimum absolute atomic E-state index is 0.0440. The van der Waals surface area contributed by atoms with E-state index in [9.17, 15) is 0 Å². The molecule has 10 aromatic rings. The molecule has 2 aliphatic carbocycles. The Kier molecular flexibility index (Phi) is 6.96. The van der Waals surface area contributed by atoms with Crippen LogP contribution in [0.3, 0.4) is 0 Å². The summed E-state index contributed by atoms with van der Waals surface area (Å²) in [4.78, 5) is 0. The maximum Gasteiger partial charge on any atom is 0.0795 e. The Balaban J connectivity index is 1.23.